The van der Waals surface area contributed by atoms with E-state index in [0.29, 0.717) is 37.0 Å². The van der Waals surface area contributed by atoms with Crippen molar-refractivity contribution in [3.05, 3.63) is 53.6 Å². The second kappa shape index (κ2) is 10.9. The lowest BCUT2D eigenvalue weighted by Crippen LogP contribution is -2.35. The zero-order valence-corrected chi connectivity index (χ0v) is 18.1. The molecule has 1 heterocycles. The Balaban J connectivity index is 1.41. The highest BCUT2D eigenvalue weighted by Crippen LogP contribution is 2.28. The van der Waals surface area contributed by atoms with Gasteiger partial charge in [-0.2, -0.15) is 0 Å². The first kappa shape index (κ1) is 22.0. The molecule has 1 N–H and O–H groups in total. The lowest BCUT2D eigenvalue weighted by molar-refractivity contribution is -0.121. The normalized spacial score (nSPS) is 14.9. The quantitative estimate of drug-likeness (QED) is 0.684. The van der Waals surface area contributed by atoms with E-state index in [0.717, 1.165) is 42.8 Å². The molecule has 2 aromatic carbocycles. The van der Waals surface area contributed by atoms with Crippen molar-refractivity contribution >= 4 is 5.91 Å². The van der Waals surface area contributed by atoms with E-state index in [9.17, 15) is 4.79 Å². The maximum absolute atomic E-state index is 12.2. The highest BCUT2D eigenvalue weighted by Gasteiger charge is 2.17. The molecule has 0 bridgehead atoms. The molecule has 0 atom stereocenters. The minimum atomic E-state index is 0.0245. The summed E-state index contributed by atoms with van der Waals surface area (Å²) in [6.07, 6.45) is 3.49. The summed E-state index contributed by atoms with van der Waals surface area (Å²) in [7, 11) is 5.37. The van der Waals surface area contributed by atoms with Crippen LogP contribution in [0.1, 0.15) is 30.4 Å². The van der Waals surface area contributed by atoms with Gasteiger partial charge in [0.25, 0.3) is 0 Å². The standard InChI is InChI=1S/C24H32N2O4/c1-26-14-12-21(13-15-26)30-20-8-4-19(5-9-20)17-25-24(27)11-7-18-6-10-22(28-2)23(16-18)29-3/h4-6,8-10,16,21H,7,11-15,17H2,1-3H3,(H,25,27). The minimum absolute atomic E-state index is 0.0245. The third-order valence-corrected chi connectivity index (χ3v) is 5.47. The van der Waals surface area contributed by atoms with Crippen molar-refractivity contribution < 1.29 is 19.0 Å². The largest absolute Gasteiger partial charge is 0.493 e. The predicted octanol–water partition coefficient (Wildman–Crippen LogP) is 3.43. The number of hydrogen-bond donors (Lipinski definition) is 1. The number of likely N-dealkylation sites (tertiary alicyclic amines) is 1. The van der Waals surface area contributed by atoms with Gasteiger partial charge in [0, 0.05) is 26.1 Å². The van der Waals surface area contributed by atoms with Crippen LogP contribution in [0.2, 0.25) is 0 Å². The second-order valence-corrected chi connectivity index (χ2v) is 7.73. The number of hydrogen-bond acceptors (Lipinski definition) is 5. The van der Waals surface area contributed by atoms with Crippen molar-refractivity contribution in [2.24, 2.45) is 0 Å². The van der Waals surface area contributed by atoms with Crippen LogP contribution in [0.15, 0.2) is 42.5 Å². The highest BCUT2D eigenvalue weighted by molar-refractivity contribution is 5.76. The molecule has 162 valence electrons. The maximum Gasteiger partial charge on any atom is 0.220 e. The molecule has 0 unspecified atom stereocenters. The summed E-state index contributed by atoms with van der Waals surface area (Å²) < 4.78 is 16.6. The molecule has 2 aromatic rings. The number of nitrogens with one attached hydrogen (secondary N) is 1. The maximum atomic E-state index is 12.2. The van der Waals surface area contributed by atoms with Crippen molar-refractivity contribution in [1.82, 2.24) is 10.2 Å². The lowest BCUT2D eigenvalue weighted by Gasteiger charge is -2.29. The predicted molar refractivity (Wildman–Crippen MR) is 117 cm³/mol. The van der Waals surface area contributed by atoms with E-state index in [2.05, 4.69) is 17.3 Å². The number of aryl methyl sites for hydroxylation is 1. The molecule has 1 aliphatic heterocycles. The van der Waals surface area contributed by atoms with Gasteiger partial charge in [0.1, 0.15) is 11.9 Å². The van der Waals surface area contributed by atoms with Crippen molar-refractivity contribution in [2.75, 3.05) is 34.4 Å². The zero-order valence-electron chi connectivity index (χ0n) is 18.1. The Morgan fingerprint density at radius 3 is 2.33 bits per heavy atom. The number of carbonyl (C=O) groups excluding carboxylic acids is 1. The number of piperidine rings is 1. The summed E-state index contributed by atoms with van der Waals surface area (Å²) in [5, 5.41) is 2.98. The molecular weight excluding hydrogens is 380 g/mol. The molecule has 0 spiro atoms. The van der Waals surface area contributed by atoms with Gasteiger partial charge in [-0.25, -0.2) is 0 Å². The molecule has 6 heteroatoms. The molecule has 1 amide bonds. The van der Waals surface area contributed by atoms with E-state index in [1.807, 2.05) is 42.5 Å². The monoisotopic (exact) mass is 412 g/mol. The van der Waals surface area contributed by atoms with Gasteiger partial charge in [-0.15, -0.1) is 0 Å². The van der Waals surface area contributed by atoms with Gasteiger partial charge in [0.05, 0.1) is 14.2 Å². The van der Waals surface area contributed by atoms with E-state index < -0.39 is 0 Å². The van der Waals surface area contributed by atoms with Gasteiger partial charge < -0.3 is 24.4 Å². The summed E-state index contributed by atoms with van der Waals surface area (Å²) >= 11 is 0. The van der Waals surface area contributed by atoms with Crippen molar-refractivity contribution in [3.8, 4) is 17.2 Å². The Morgan fingerprint density at radius 1 is 1.00 bits per heavy atom. The van der Waals surface area contributed by atoms with Crippen molar-refractivity contribution in [1.29, 1.82) is 0 Å². The summed E-state index contributed by atoms with van der Waals surface area (Å²) in [5.74, 6) is 2.29. The molecule has 0 aromatic heterocycles. The van der Waals surface area contributed by atoms with Crippen molar-refractivity contribution in [3.63, 3.8) is 0 Å². The van der Waals surface area contributed by atoms with Crippen molar-refractivity contribution in [2.45, 2.75) is 38.3 Å². The van der Waals surface area contributed by atoms with Crippen LogP contribution in [0, 0.1) is 0 Å². The Kier molecular flexibility index (Phi) is 7.97. The van der Waals surface area contributed by atoms with Gasteiger partial charge in [-0.3, -0.25) is 4.79 Å². The van der Waals surface area contributed by atoms with Gasteiger partial charge in [0.15, 0.2) is 11.5 Å². The van der Waals surface area contributed by atoms with E-state index in [1.165, 1.54) is 0 Å². The molecule has 0 saturated carbocycles. The average Bonchev–Trinajstić information content (AvgIpc) is 2.78. The summed E-state index contributed by atoms with van der Waals surface area (Å²) in [6, 6.07) is 13.7. The molecule has 30 heavy (non-hydrogen) atoms. The Bertz CT molecular complexity index is 814. The van der Waals surface area contributed by atoms with E-state index >= 15 is 0 Å². The van der Waals surface area contributed by atoms with Gasteiger partial charge in [-0.1, -0.05) is 18.2 Å². The Hall–Kier alpha value is -2.73. The summed E-state index contributed by atoms with van der Waals surface area (Å²) in [4.78, 5) is 14.6. The molecule has 1 fully saturated rings. The summed E-state index contributed by atoms with van der Waals surface area (Å²) in [6.45, 7) is 2.68. The molecule has 6 nitrogen and oxygen atoms in total. The fourth-order valence-electron chi connectivity index (χ4n) is 3.56. The topological polar surface area (TPSA) is 60.0 Å². The average molecular weight is 413 g/mol. The van der Waals surface area contributed by atoms with Crippen LogP contribution in [0.25, 0.3) is 0 Å². The van der Waals surface area contributed by atoms with Crippen LogP contribution >= 0.6 is 0 Å². The molecule has 0 aliphatic carbocycles. The van der Waals surface area contributed by atoms with Gasteiger partial charge in [0.2, 0.25) is 5.91 Å². The van der Waals surface area contributed by atoms with Gasteiger partial charge in [-0.05, 0) is 61.7 Å². The minimum Gasteiger partial charge on any atom is -0.493 e. The van der Waals surface area contributed by atoms with Gasteiger partial charge >= 0.3 is 0 Å². The SMILES string of the molecule is COc1ccc(CCC(=O)NCc2ccc(OC3CCN(C)CC3)cc2)cc1OC. The number of carbonyl (C=O) groups is 1. The number of ether oxygens (including phenoxy) is 3. The number of amides is 1. The molecule has 0 radical (unpaired) electrons. The van der Waals surface area contributed by atoms with Crippen LogP contribution in [0.3, 0.4) is 0 Å². The fourth-order valence-corrected chi connectivity index (χ4v) is 3.56. The number of rotatable bonds is 9. The zero-order chi connectivity index (χ0) is 21.3. The highest BCUT2D eigenvalue weighted by atomic mass is 16.5. The first-order chi connectivity index (χ1) is 14.6. The number of benzene rings is 2. The summed E-state index contributed by atoms with van der Waals surface area (Å²) in [5.41, 5.74) is 2.10. The van der Waals surface area contributed by atoms with E-state index in [-0.39, 0.29) is 5.91 Å². The first-order valence-corrected chi connectivity index (χ1v) is 10.5. The van der Waals surface area contributed by atoms with Crippen LogP contribution in [0.4, 0.5) is 0 Å². The van der Waals surface area contributed by atoms with E-state index in [4.69, 9.17) is 14.2 Å². The van der Waals surface area contributed by atoms with Crippen LogP contribution in [-0.2, 0) is 17.8 Å². The molecule has 3 rings (SSSR count). The van der Waals surface area contributed by atoms with Crippen LogP contribution in [0.5, 0.6) is 17.2 Å². The first-order valence-electron chi connectivity index (χ1n) is 10.5. The van der Waals surface area contributed by atoms with Crippen LogP contribution < -0.4 is 19.5 Å². The molecular formula is C24H32N2O4. The molecule has 1 saturated heterocycles. The second-order valence-electron chi connectivity index (χ2n) is 7.73. The smallest absolute Gasteiger partial charge is 0.220 e. The Morgan fingerprint density at radius 2 is 1.67 bits per heavy atom. The van der Waals surface area contributed by atoms with E-state index in [1.54, 1.807) is 14.2 Å². The number of nitrogens with zero attached hydrogens (tertiary/aromatic N) is 1. The van der Waals surface area contributed by atoms with Crippen LogP contribution in [-0.4, -0.2) is 51.3 Å². The third-order valence-electron chi connectivity index (χ3n) is 5.47. The Labute approximate surface area is 179 Å². The number of methoxy groups -OCH3 is 2. The molecule has 1 aliphatic rings. The third kappa shape index (κ3) is 6.39. The lowest BCUT2D eigenvalue weighted by atomic mass is 10.1. The fraction of sp³-hybridized carbons (Fsp3) is 0.458.